The lowest BCUT2D eigenvalue weighted by Gasteiger charge is -2.41. The Labute approximate surface area is 170 Å². The number of ether oxygens (including phenoxy) is 1. The van der Waals surface area contributed by atoms with Crippen molar-refractivity contribution in [2.75, 3.05) is 6.61 Å². The Hall–Kier alpha value is -2.66. The Morgan fingerprint density at radius 3 is 2.17 bits per heavy atom. The van der Waals surface area contributed by atoms with Gasteiger partial charge in [-0.25, -0.2) is 0 Å². The third kappa shape index (κ3) is 2.95. The number of hydrogen-bond donors (Lipinski definition) is 8. The molecule has 3 aromatic rings. The molecule has 30 heavy (non-hydrogen) atoms. The van der Waals surface area contributed by atoms with E-state index in [0.717, 1.165) is 0 Å². The largest absolute Gasteiger partial charge is 0.507 e. The van der Waals surface area contributed by atoms with Crippen molar-refractivity contribution in [3.05, 3.63) is 41.5 Å². The molecule has 9 heteroatoms. The molecule has 0 aliphatic carbocycles. The average Bonchev–Trinajstić information content (AvgIpc) is 2.73. The first kappa shape index (κ1) is 20.6. The molecule has 9 nitrogen and oxygen atoms in total. The normalized spacial score (nSPS) is 27.0. The lowest BCUT2D eigenvalue weighted by molar-refractivity contribution is -0.231. The van der Waals surface area contributed by atoms with Gasteiger partial charge in [0.25, 0.3) is 0 Å². The van der Waals surface area contributed by atoms with Crippen molar-refractivity contribution in [3.8, 4) is 17.2 Å². The van der Waals surface area contributed by atoms with Crippen LogP contribution in [0.5, 0.6) is 17.2 Å². The lowest BCUT2D eigenvalue weighted by Crippen LogP contribution is -2.55. The SMILES string of the molecule is OCc1cc(O)c2c(O)c3c(O)cccc3c([C@@H]3OC(CO)[C@@H](O)[C@@H](O)C3O)c2c1. The van der Waals surface area contributed by atoms with Gasteiger partial charge in [0.15, 0.2) is 0 Å². The highest BCUT2D eigenvalue weighted by Gasteiger charge is 2.45. The van der Waals surface area contributed by atoms with Gasteiger partial charge < -0.3 is 45.6 Å². The van der Waals surface area contributed by atoms with E-state index in [4.69, 9.17) is 4.74 Å². The van der Waals surface area contributed by atoms with Crippen LogP contribution in [-0.2, 0) is 11.3 Å². The van der Waals surface area contributed by atoms with E-state index in [-0.39, 0.29) is 38.6 Å². The maximum Gasteiger partial charge on any atom is 0.138 e. The second-order valence-electron chi connectivity index (χ2n) is 7.41. The number of aliphatic hydroxyl groups is 5. The molecule has 1 fully saturated rings. The molecule has 1 aliphatic heterocycles. The number of rotatable bonds is 3. The van der Waals surface area contributed by atoms with Gasteiger partial charge in [-0.3, -0.25) is 0 Å². The molecule has 1 heterocycles. The number of aliphatic hydroxyl groups excluding tert-OH is 5. The second kappa shape index (κ2) is 7.55. The van der Waals surface area contributed by atoms with E-state index in [2.05, 4.69) is 0 Å². The standard InChI is InChI=1S/C21H22O9/c22-6-8-4-10-14(21-20(29)19(28)17(26)13(7-23)30-21)9-2-1-3-11(24)15(9)18(27)16(10)12(25)5-8/h1-5,13,17,19-29H,6-7H2/t13?,17-,19-,20?,21+/m1/s1. The molecule has 5 atom stereocenters. The number of fused-ring (bicyclic) bond motifs is 2. The van der Waals surface area contributed by atoms with Crippen molar-refractivity contribution >= 4 is 21.5 Å². The van der Waals surface area contributed by atoms with Gasteiger partial charge in [0, 0.05) is 0 Å². The monoisotopic (exact) mass is 418 g/mol. The van der Waals surface area contributed by atoms with Gasteiger partial charge in [-0.05, 0) is 40.1 Å². The first-order valence-corrected chi connectivity index (χ1v) is 9.33. The van der Waals surface area contributed by atoms with E-state index in [1.807, 2.05) is 0 Å². The summed E-state index contributed by atoms with van der Waals surface area (Å²) in [6.45, 7) is -1.05. The molecule has 0 spiro atoms. The maximum absolute atomic E-state index is 10.8. The average molecular weight is 418 g/mol. The van der Waals surface area contributed by atoms with E-state index in [1.165, 1.54) is 24.3 Å². The maximum atomic E-state index is 10.8. The Morgan fingerprint density at radius 1 is 0.800 bits per heavy atom. The fourth-order valence-corrected chi connectivity index (χ4v) is 4.17. The highest BCUT2D eigenvalue weighted by atomic mass is 16.5. The first-order chi connectivity index (χ1) is 14.3. The van der Waals surface area contributed by atoms with Crippen LogP contribution in [-0.4, -0.2) is 71.9 Å². The molecular weight excluding hydrogens is 396 g/mol. The predicted octanol–water partition coefficient (Wildman–Crippen LogP) is 0.117. The smallest absolute Gasteiger partial charge is 0.138 e. The summed E-state index contributed by atoms with van der Waals surface area (Å²) < 4.78 is 5.71. The summed E-state index contributed by atoms with van der Waals surface area (Å²) in [5, 5.41) is 82.2. The van der Waals surface area contributed by atoms with Gasteiger partial charge in [-0.15, -0.1) is 0 Å². The zero-order chi connectivity index (χ0) is 21.7. The Morgan fingerprint density at radius 2 is 1.50 bits per heavy atom. The predicted molar refractivity (Wildman–Crippen MR) is 105 cm³/mol. The van der Waals surface area contributed by atoms with Crippen LogP contribution >= 0.6 is 0 Å². The van der Waals surface area contributed by atoms with Crippen molar-refractivity contribution < 1.29 is 45.6 Å². The molecule has 0 saturated carbocycles. The van der Waals surface area contributed by atoms with Crippen molar-refractivity contribution in [2.45, 2.75) is 37.1 Å². The van der Waals surface area contributed by atoms with Crippen LogP contribution in [0.2, 0.25) is 0 Å². The van der Waals surface area contributed by atoms with E-state index < -0.39 is 49.5 Å². The topological polar surface area (TPSA) is 171 Å². The van der Waals surface area contributed by atoms with Crippen LogP contribution in [0.4, 0.5) is 0 Å². The quantitative estimate of drug-likeness (QED) is 0.275. The highest BCUT2D eigenvalue weighted by molar-refractivity contribution is 6.12. The van der Waals surface area contributed by atoms with Crippen molar-refractivity contribution in [3.63, 3.8) is 0 Å². The summed E-state index contributed by atoms with van der Waals surface area (Å²) in [7, 11) is 0. The van der Waals surface area contributed by atoms with Crippen LogP contribution in [0.15, 0.2) is 30.3 Å². The van der Waals surface area contributed by atoms with Crippen LogP contribution in [0.3, 0.4) is 0 Å². The fourth-order valence-electron chi connectivity index (χ4n) is 4.17. The van der Waals surface area contributed by atoms with Gasteiger partial charge in [0.1, 0.15) is 47.8 Å². The molecule has 160 valence electrons. The molecule has 3 aromatic carbocycles. The number of benzene rings is 3. The summed E-state index contributed by atoms with van der Waals surface area (Å²) in [5.74, 6) is -1.07. The molecule has 0 aromatic heterocycles. The summed E-state index contributed by atoms with van der Waals surface area (Å²) in [4.78, 5) is 0. The van der Waals surface area contributed by atoms with E-state index in [9.17, 15) is 40.9 Å². The minimum absolute atomic E-state index is 0.0102. The summed E-state index contributed by atoms with van der Waals surface area (Å²) >= 11 is 0. The fraction of sp³-hybridized carbons (Fsp3) is 0.333. The van der Waals surface area contributed by atoms with Crippen molar-refractivity contribution in [1.82, 2.24) is 0 Å². The number of phenols is 3. The van der Waals surface area contributed by atoms with E-state index >= 15 is 0 Å². The van der Waals surface area contributed by atoms with Crippen LogP contribution in [0.25, 0.3) is 21.5 Å². The summed E-state index contributed by atoms with van der Waals surface area (Å²) in [5.41, 5.74) is 0.515. The highest BCUT2D eigenvalue weighted by Crippen LogP contribution is 2.49. The summed E-state index contributed by atoms with van der Waals surface area (Å²) in [6.07, 6.45) is -7.31. The molecule has 8 N–H and O–H groups in total. The molecule has 1 saturated heterocycles. The molecule has 2 unspecified atom stereocenters. The number of phenolic OH excluding ortho intramolecular Hbond substituents is 3. The molecular formula is C21H22O9. The Bertz CT molecular complexity index is 1110. The first-order valence-electron chi connectivity index (χ1n) is 9.33. The Kier molecular flexibility index (Phi) is 5.18. The zero-order valence-corrected chi connectivity index (χ0v) is 15.7. The molecule has 0 amide bonds. The van der Waals surface area contributed by atoms with E-state index in [0.29, 0.717) is 5.56 Å². The minimum Gasteiger partial charge on any atom is -0.507 e. The number of aromatic hydroxyl groups is 3. The van der Waals surface area contributed by atoms with Gasteiger partial charge in [-0.1, -0.05) is 12.1 Å². The minimum atomic E-state index is -1.65. The van der Waals surface area contributed by atoms with Crippen LogP contribution in [0.1, 0.15) is 17.2 Å². The third-order valence-corrected chi connectivity index (χ3v) is 5.63. The van der Waals surface area contributed by atoms with Crippen molar-refractivity contribution in [2.24, 2.45) is 0 Å². The van der Waals surface area contributed by atoms with Gasteiger partial charge in [-0.2, -0.15) is 0 Å². The Balaban J connectivity index is 2.12. The van der Waals surface area contributed by atoms with Crippen LogP contribution in [0, 0.1) is 0 Å². The molecule has 0 radical (unpaired) electrons. The van der Waals surface area contributed by atoms with Gasteiger partial charge in [0.05, 0.1) is 24.0 Å². The van der Waals surface area contributed by atoms with E-state index in [1.54, 1.807) is 6.07 Å². The third-order valence-electron chi connectivity index (χ3n) is 5.63. The zero-order valence-electron chi connectivity index (χ0n) is 15.7. The number of hydrogen-bond acceptors (Lipinski definition) is 9. The molecule has 0 bridgehead atoms. The van der Waals surface area contributed by atoms with Crippen LogP contribution < -0.4 is 0 Å². The molecule has 1 aliphatic rings. The second-order valence-corrected chi connectivity index (χ2v) is 7.41. The van der Waals surface area contributed by atoms with Gasteiger partial charge in [0.2, 0.25) is 0 Å². The summed E-state index contributed by atoms with van der Waals surface area (Å²) in [6, 6.07) is 7.13. The molecule has 4 rings (SSSR count). The van der Waals surface area contributed by atoms with Gasteiger partial charge >= 0.3 is 0 Å². The van der Waals surface area contributed by atoms with Crippen molar-refractivity contribution in [1.29, 1.82) is 0 Å². The lowest BCUT2D eigenvalue weighted by atomic mass is 9.85.